The van der Waals surface area contributed by atoms with Crippen molar-refractivity contribution in [2.24, 2.45) is 0 Å². The van der Waals surface area contributed by atoms with Crippen LogP contribution in [0.3, 0.4) is 0 Å². The predicted molar refractivity (Wildman–Crippen MR) is 75.2 cm³/mol. The van der Waals surface area contributed by atoms with Crippen molar-refractivity contribution in [2.45, 2.75) is 6.92 Å². The second-order valence-corrected chi connectivity index (χ2v) is 3.98. The lowest BCUT2D eigenvalue weighted by atomic mass is 10.3. The molecule has 0 aliphatic heterocycles. The molecule has 0 atom stereocenters. The molecule has 1 aromatic carbocycles. The second-order valence-electron chi connectivity index (χ2n) is 3.98. The fourth-order valence-electron chi connectivity index (χ4n) is 1.66. The average molecular weight is 272 g/mol. The van der Waals surface area contributed by atoms with Crippen LogP contribution in [-0.2, 0) is 4.74 Å². The first-order valence-electron chi connectivity index (χ1n) is 6.30. The molecule has 0 amide bonds. The van der Waals surface area contributed by atoms with E-state index in [0.717, 1.165) is 11.4 Å². The Morgan fingerprint density at radius 2 is 2.35 bits per heavy atom. The normalized spacial score (nSPS) is 10.1. The van der Waals surface area contributed by atoms with E-state index in [0.29, 0.717) is 13.2 Å². The standard InChI is InChI=1S/C15H16N2O3/c1-3-8-20-13-7-5-6-12(9-13)17-10-14(16-11-17)15(18)19-4-2/h3,5-7,9-11H,1,4,8H2,2H3. The Labute approximate surface area is 117 Å². The summed E-state index contributed by atoms with van der Waals surface area (Å²) in [5.41, 5.74) is 1.14. The largest absolute Gasteiger partial charge is 0.489 e. The lowest BCUT2D eigenvalue weighted by molar-refractivity contribution is 0.0520. The molecule has 1 aromatic heterocycles. The van der Waals surface area contributed by atoms with Gasteiger partial charge in [0.2, 0.25) is 0 Å². The molecule has 5 nitrogen and oxygen atoms in total. The van der Waals surface area contributed by atoms with E-state index in [9.17, 15) is 4.79 Å². The van der Waals surface area contributed by atoms with Crippen LogP contribution in [0.5, 0.6) is 5.75 Å². The Kier molecular flexibility index (Phi) is 4.55. The van der Waals surface area contributed by atoms with E-state index in [4.69, 9.17) is 9.47 Å². The topological polar surface area (TPSA) is 53.4 Å². The highest BCUT2D eigenvalue weighted by Gasteiger charge is 2.10. The summed E-state index contributed by atoms with van der Waals surface area (Å²) in [6, 6.07) is 7.49. The van der Waals surface area contributed by atoms with Crippen molar-refractivity contribution >= 4 is 5.97 Å². The highest BCUT2D eigenvalue weighted by atomic mass is 16.5. The van der Waals surface area contributed by atoms with Gasteiger partial charge in [0, 0.05) is 12.3 Å². The van der Waals surface area contributed by atoms with Crippen LogP contribution in [0.15, 0.2) is 49.4 Å². The van der Waals surface area contributed by atoms with Gasteiger partial charge < -0.3 is 14.0 Å². The van der Waals surface area contributed by atoms with Crippen LogP contribution in [0, 0.1) is 0 Å². The number of hydrogen-bond acceptors (Lipinski definition) is 4. The van der Waals surface area contributed by atoms with Gasteiger partial charge in [-0.15, -0.1) is 0 Å². The zero-order valence-corrected chi connectivity index (χ0v) is 11.3. The Hall–Kier alpha value is -2.56. The summed E-state index contributed by atoms with van der Waals surface area (Å²) in [6.45, 7) is 6.14. The molecule has 0 saturated carbocycles. The van der Waals surface area contributed by atoms with Crippen molar-refractivity contribution in [2.75, 3.05) is 13.2 Å². The number of imidazole rings is 1. The molecule has 2 rings (SSSR count). The highest BCUT2D eigenvalue weighted by molar-refractivity contribution is 5.87. The number of aromatic nitrogens is 2. The van der Waals surface area contributed by atoms with Gasteiger partial charge in [0.05, 0.1) is 12.3 Å². The zero-order chi connectivity index (χ0) is 14.4. The van der Waals surface area contributed by atoms with E-state index in [2.05, 4.69) is 11.6 Å². The maximum Gasteiger partial charge on any atom is 0.358 e. The number of benzene rings is 1. The molecule has 0 spiro atoms. The zero-order valence-electron chi connectivity index (χ0n) is 11.3. The van der Waals surface area contributed by atoms with Gasteiger partial charge in [-0.1, -0.05) is 18.7 Å². The fraction of sp³-hybridized carbons (Fsp3) is 0.200. The Morgan fingerprint density at radius 3 is 3.10 bits per heavy atom. The minimum Gasteiger partial charge on any atom is -0.489 e. The van der Waals surface area contributed by atoms with Crippen molar-refractivity contribution in [1.82, 2.24) is 9.55 Å². The van der Waals surface area contributed by atoms with Crippen LogP contribution < -0.4 is 4.74 Å². The maximum absolute atomic E-state index is 11.6. The van der Waals surface area contributed by atoms with Gasteiger partial charge in [0.25, 0.3) is 0 Å². The minimum atomic E-state index is -0.426. The number of rotatable bonds is 6. The summed E-state index contributed by atoms with van der Waals surface area (Å²) in [5, 5.41) is 0. The number of nitrogens with zero attached hydrogens (tertiary/aromatic N) is 2. The molecule has 0 aliphatic rings. The molecule has 0 bridgehead atoms. The van der Waals surface area contributed by atoms with E-state index in [-0.39, 0.29) is 5.69 Å². The molecule has 1 heterocycles. The third kappa shape index (κ3) is 3.26. The molecular weight excluding hydrogens is 256 g/mol. The molecule has 0 fully saturated rings. The first-order valence-corrected chi connectivity index (χ1v) is 6.30. The van der Waals surface area contributed by atoms with Crippen molar-refractivity contribution in [1.29, 1.82) is 0 Å². The molecule has 0 saturated heterocycles. The van der Waals surface area contributed by atoms with E-state index in [1.165, 1.54) is 0 Å². The SMILES string of the molecule is C=CCOc1cccc(-n2cnc(C(=O)OCC)c2)c1. The Morgan fingerprint density at radius 1 is 1.50 bits per heavy atom. The molecule has 0 N–H and O–H groups in total. The number of esters is 1. The monoisotopic (exact) mass is 272 g/mol. The average Bonchev–Trinajstić information content (AvgIpc) is 2.95. The molecular formula is C15H16N2O3. The second kappa shape index (κ2) is 6.56. The molecule has 5 heteroatoms. The fourth-order valence-corrected chi connectivity index (χ4v) is 1.66. The van der Waals surface area contributed by atoms with E-state index in [1.807, 2.05) is 24.3 Å². The van der Waals surface area contributed by atoms with E-state index in [1.54, 1.807) is 30.1 Å². The van der Waals surface area contributed by atoms with Gasteiger partial charge in [-0.3, -0.25) is 0 Å². The molecule has 104 valence electrons. The van der Waals surface area contributed by atoms with Crippen molar-refractivity contribution in [3.8, 4) is 11.4 Å². The van der Waals surface area contributed by atoms with Gasteiger partial charge in [-0.05, 0) is 19.1 Å². The molecule has 0 radical (unpaired) electrons. The van der Waals surface area contributed by atoms with Gasteiger partial charge in [-0.25, -0.2) is 9.78 Å². The lowest BCUT2D eigenvalue weighted by Gasteiger charge is -2.06. The van der Waals surface area contributed by atoms with Crippen LogP contribution in [0.2, 0.25) is 0 Å². The van der Waals surface area contributed by atoms with Crippen molar-refractivity contribution < 1.29 is 14.3 Å². The van der Waals surface area contributed by atoms with Gasteiger partial charge in [-0.2, -0.15) is 0 Å². The third-order valence-electron chi connectivity index (χ3n) is 2.55. The summed E-state index contributed by atoms with van der Waals surface area (Å²) < 4.78 is 12.1. The maximum atomic E-state index is 11.6. The summed E-state index contributed by atoms with van der Waals surface area (Å²) in [7, 11) is 0. The van der Waals surface area contributed by atoms with Crippen LogP contribution in [-0.4, -0.2) is 28.7 Å². The van der Waals surface area contributed by atoms with Crippen LogP contribution >= 0.6 is 0 Å². The summed E-state index contributed by atoms with van der Waals surface area (Å²) in [5.74, 6) is 0.305. The molecule has 2 aromatic rings. The van der Waals surface area contributed by atoms with Crippen molar-refractivity contribution in [3.05, 3.63) is 55.1 Å². The van der Waals surface area contributed by atoms with Crippen LogP contribution in [0.25, 0.3) is 5.69 Å². The van der Waals surface area contributed by atoms with Crippen LogP contribution in [0.1, 0.15) is 17.4 Å². The lowest BCUT2D eigenvalue weighted by Crippen LogP contribution is -2.04. The smallest absolute Gasteiger partial charge is 0.358 e. The quantitative estimate of drug-likeness (QED) is 0.599. The van der Waals surface area contributed by atoms with Gasteiger partial charge in [0.15, 0.2) is 5.69 Å². The third-order valence-corrected chi connectivity index (χ3v) is 2.55. The number of hydrogen-bond donors (Lipinski definition) is 0. The first-order chi connectivity index (χ1) is 9.74. The first kappa shape index (κ1) is 13.9. The van der Waals surface area contributed by atoms with Crippen LogP contribution in [0.4, 0.5) is 0 Å². The Balaban J connectivity index is 2.19. The van der Waals surface area contributed by atoms with E-state index >= 15 is 0 Å². The highest BCUT2D eigenvalue weighted by Crippen LogP contribution is 2.17. The summed E-state index contributed by atoms with van der Waals surface area (Å²) >= 11 is 0. The minimum absolute atomic E-state index is 0.282. The van der Waals surface area contributed by atoms with E-state index < -0.39 is 5.97 Å². The van der Waals surface area contributed by atoms with Crippen molar-refractivity contribution in [3.63, 3.8) is 0 Å². The number of ether oxygens (including phenoxy) is 2. The predicted octanol–water partition coefficient (Wildman–Crippen LogP) is 2.61. The Bertz CT molecular complexity index is 605. The number of carbonyl (C=O) groups excluding carboxylic acids is 1. The molecule has 20 heavy (non-hydrogen) atoms. The number of carbonyl (C=O) groups is 1. The molecule has 0 unspecified atom stereocenters. The summed E-state index contributed by atoms with van der Waals surface area (Å²) in [6.07, 6.45) is 4.88. The summed E-state index contributed by atoms with van der Waals surface area (Å²) in [4.78, 5) is 15.6. The molecule has 0 aliphatic carbocycles. The van der Waals surface area contributed by atoms with Gasteiger partial charge in [0.1, 0.15) is 18.7 Å². The van der Waals surface area contributed by atoms with Gasteiger partial charge >= 0.3 is 5.97 Å².